The van der Waals surface area contributed by atoms with Crippen LogP contribution in [-0.4, -0.2) is 6.88 Å². The minimum atomic E-state index is 0. The Labute approximate surface area is 430 Å². The van der Waals surface area contributed by atoms with E-state index in [1.165, 1.54) is 168 Å². The van der Waals surface area contributed by atoms with Crippen molar-refractivity contribution in [2.24, 2.45) is 59.2 Å². The summed E-state index contributed by atoms with van der Waals surface area (Å²) in [5.41, 5.74) is 11.6. The van der Waals surface area contributed by atoms with E-state index in [0.29, 0.717) is 0 Å². The van der Waals surface area contributed by atoms with Crippen molar-refractivity contribution in [2.45, 2.75) is 130 Å². The molecular formula is C62H78Cl2SiZr-4. The van der Waals surface area contributed by atoms with Gasteiger partial charge in [0.1, 0.15) is 0 Å². The molecule has 0 amide bonds. The minimum absolute atomic E-state index is 0. The van der Waals surface area contributed by atoms with Gasteiger partial charge in [-0.05, 0) is 171 Å². The van der Waals surface area contributed by atoms with Crippen molar-refractivity contribution in [2.75, 3.05) is 0 Å². The fourth-order valence-corrected chi connectivity index (χ4v) is 14.9. The Hall–Kier alpha value is -2.22. The normalized spacial score (nSPS) is 27.0. The SMILES string of the molecule is CCCc1ccc(-c2cccc3[cH-]c(CC4C5CC6CC(C5)CC4C6)cc23)cc1.CCCc1ccc(-c2cccc3[cH-]c(CC4C5CC6CC(C5)CC4C6)cc23)cc1.Cl.Cl.[CH2-]CC.[CH3-].[Si]=[Zr]. The van der Waals surface area contributed by atoms with Crippen LogP contribution in [0.5, 0.6) is 0 Å². The van der Waals surface area contributed by atoms with Gasteiger partial charge in [-0.25, -0.2) is 0 Å². The van der Waals surface area contributed by atoms with Gasteiger partial charge in [-0.3, -0.25) is 0 Å². The third-order valence-electron chi connectivity index (χ3n) is 17.0. The van der Waals surface area contributed by atoms with E-state index >= 15 is 0 Å². The van der Waals surface area contributed by atoms with E-state index in [4.69, 9.17) is 0 Å². The first kappa shape index (κ1) is 53.1. The topological polar surface area (TPSA) is 0 Å². The van der Waals surface area contributed by atoms with Crippen molar-refractivity contribution < 1.29 is 23.3 Å². The predicted octanol–water partition coefficient (Wildman–Crippen LogP) is 17.7. The van der Waals surface area contributed by atoms with Crippen LogP contribution in [0.1, 0.15) is 126 Å². The molecule has 352 valence electrons. The van der Waals surface area contributed by atoms with Crippen LogP contribution in [0.2, 0.25) is 0 Å². The molecule has 8 bridgehead atoms. The maximum absolute atomic E-state index is 3.49. The van der Waals surface area contributed by atoms with Crippen molar-refractivity contribution in [1.29, 1.82) is 0 Å². The average Bonchev–Trinajstić information content (AvgIpc) is 3.92. The third kappa shape index (κ3) is 11.7. The van der Waals surface area contributed by atoms with Gasteiger partial charge >= 0.3 is 30.2 Å². The Morgan fingerprint density at radius 1 is 0.500 bits per heavy atom. The summed E-state index contributed by atoms with van der Waals surface area (Å²) in [6.07, 6.45) is 23.8. The maximum atomic E-state index is 3.49. The van der Waals surface area contributed by atoms with Crippen molar-refractivity contribution in [3.05, 3.63) is 146 Å². The number of aryl methyl sites for hydroxylation is 2. The molecule has 4 heteroatoms. The van der Waals surface area contributed by atoms with Crippen LogP contribution in [0, 0.1) is 73.5 Å². The van der Waals surface area contributed by atoms with Gasteiger partial charge in [-0.15, -0.1) is 93.9 Å². The van der Waals surface area contributed by atoms with Gasteiger partial charge in [0.05, 0.1) is 0 Å². The Bertz CT molecular complexity index is 2180. The zero-order valence-electron chi connectivity index (χ0n) is 40.7. The van der Waals surface area contributed by atoms with E-state index in [1.807, 2.05) is 6.92 Å². The molecule has 0 heterocycles. The molecule has 8 aliphatic carbocycles. The summed E-state index contributed by atoms with van der Waals surface area (Å²) in [6, 6.07) is 42.3. The molecule has 6 aromatic carbocycles. The first-order valence-corrected chi connectivity index (χ1v) is 29.7. The quantitative estimate of drug-likeness (QED) is 0.0948. The van der Waals surface area contributed by atoms with Crippen LogP contribution in [0.15, 0.2) is 109 Å². The fourth-order valence-electron chi connectivity index (χ4n) is 14.9. The summed E-state index contributed by atoms with van der Waals surface area (Å²) in [4.78, 5) is 0. The molecule has 66 heavy (non-hydrogen) atoms. The van der Waals surface area contributed by atoms with Crippen molar-refractivity contribution in [3.63, 3.8) is 0 Å². The number of hydrogen-bond acceptors (Lipinski definition) is 0. The second-order valence-corrected chi connectivity index (χ2v) is 21.3. The van der Waals surface area contributed by atoms with E-state index < -0.39 is 0 Å². The summed E-state index contributed by atoms with van der Waals surface area (Å²) in [5, 5.41) is 5.77. The van der Waals surface area contributed by atoms with Gasteiger partial charge in [-0.1, -0.05) is 105 Å². The van der Waals surface area contributed by atoms with E-state index in [-0.39, 0.29) is 32.2 Å². The molecular weight excluding hydrogens is 935 g/mol. The first-order chi connectivity index (χ1) is 30.9. The number of hydrogen-bond donors (Lipinski definition) is 0. The molecule has 8 aliphatic rings. The fraction of sp³-hybridized carbons (Fsp3) is 0.484. The number of rotatable bonds is 10. The molecule has 6 aromatic rings. The average molecular weight is 1010 g/mol. The van der Waals surface area contributed by atoms with E-state index in [2.05, 4.69) is 137 Å². The second kappa shape index (κ2) is 24.6. The predicted molar refractivity (Wildman–Crippen MR) is 289 cm³/mol. The summed E-state index contributed by atoms with van der Waals surface area (Å²) < 4.78 is 0. The molecule has 8 saturated carbocycles. The van der Waals surface area contributed by atoms with E-state index in [0.717, 1.165) is 65.6 Å². The standard InChI is InChI=1S/2C29H33.C3H7.CH3.2ClH.Si.Zr/c2*1-2-4-19-7-9-23(10-8-19)27-6-3-5-24-12-22(18-29(24)27)17-28-25-13-20-11-21(15-25)16-26(28)14-20;1-3-2;;;;;/h2*3,5-10,12,18,20-21,25-26,28H,2,4,11,13-17H2,1H3;1,3H2,2H3;1H3;2*1H;;/q4*-1;;;;. The molecule has 0 aliphatic heterocycles. The zero-order valence-corrected chi connectivity index (χ0v) is 45.8. The van der Waals surface area contributed by atoms with Gasteiger partial charge in [-0.2, -0.15) is 18.6 Å². The second-order valence-electron chi connectivity index (χ2n) is 21.3. The molecule has 0 aromatic heterocycles. The molecule has 0 saturated heterocycles. The summed E-state index contributed by atoms with van der Waals surface area (Å²) in [5.74, 6) is 10.3. The molecule has 0 spiro atoms. The van der Waals surface area contributed by atoms with Crippen molar-refractivity contribution >= 4 is 53.2 Å². The van der Waals surface area contributed by atoms with Gasteiger partial charge in [0, 0.05) is 0 Å². The molecule has 8 fully saturated rings. The van der Waals surface area contributed by atoms with Gasteiger partial charge in [0.15, 0.2) is 0 Å². The molecule has 0 atom stereocenters. The van der Waals surface area contributed by atoms with Gasteiger partial charge < -0.3 is 14.4 Å². The summed E-state index contributed by atoms with van der Waals surface area (Å²) in [6.45, 7) is 13.1. The van der Waals surface area contributed by atoms with Crippen LogP contribution in [0.25, 0.3) is 43.8 Å². The van der Waals surface area contributed by atoms with Crippen molar-refractivity contribution in [1.82, 2.24) is 0 Å². The van der Waals surface area contributed by atoms with Crippen LogP contribution in [-0.2, 0) is 49.0 Å². The first-order valence-electron chi connectivity index (χ1n) is 25.5. The monoisotopic (exact) mass is 1010 g/mol. The van der Waals surface area contributed by atoms with Gasteiger partial charge in [0.25, 0.3) is 0 Å². The van der Waals surface area contributed by atoms with Crippen LogP contribution < -0.4 is 0 Å². The molecule has 2 radical (unpaired) electrons. The number of benzene rings is 4. The number of halogens is 2. The van der Waals surface area contributed by atoms with Crippen LogP contribution >= 0.6 is 24.8 Å². The summed E-state index contributed by atoms with van der Waals surface area (Å²) >= 11 is 1.36. The van der Waals surface area contributed by atoms with Gasteiger partial charge in [0.2, 0.25) is 0 Å². The summed E-state index contributed by atoms with van der Waals surface area (Å²) in [7, 11) is 0. The Morgan fingerprint density at radius 2 is 0.818 bits per heavy atom. The third-order valence-corrected chi connectivity index (χ3v) is 17.0. The Morgan fingerprint density at radius 3 is 1.12 bits per heavy atom. The molecule has 0 N–H and O–H groups in total. The van der Waals surface area contributed by atoms with Crippen LogP contribution in [0.3, 0.4) is 0 Å². The number of fused-ring (bicyclic) bond motifs is 2. The zero-order chi connectivity index (χ0) is 43.5. The molecule has 0 nitrogen and oxygen atoms in total. The molecule has 14 rings (SSSR count). The molecule has 0 unspecified atom stereocenters. The van der Waals surface area contributed by atoms with E-state index in [1.54, 1.807) is 24.0 Å². The Kier molecular flexibility index (Phi) is 19.8. The van der Waals surface area contributed by atoms with E-state index in [9.17, 15) is 0 Å². The Balaban J connectivity index is 0.000000191. The van der Waals surface area contributed by atoms with Crippen molar-refractivity contribution in [3.8, 4) is 22.3 Å². The van der Waals surface area contributed by atoms with Crippen LogP contribution in [0.4, 0.5) is 0 Å².